The molecule has 0 aliphatic carbocycles. The number of aryl methyl sites for hydroxylation is 1. The minimum atomic E-state index is -1.18. The maximum Gasteiger partial charge on any atom is 0.335 e. The van der Waals surface area contributed by atoms with Crippen molar-refractivity contribution in [3.8, 4) is 11.3 Å². The molecule has 0 amide bonds. The summed E-state index contributed by atoms with van der Waals surface area (Å²) in [7, 11) is 0. The van der Waals surface area contributed by atoms with Crippen LogP contribution >= 0.6 is 0 Å². The number of hydrogen-bond donors (Lipinski definition) is 1. The highest BCUT2D eigenvalue weighted by molar-refractivity contribution is 5.89. The van der Waals surface area contributed by atoms with Gasteiger partial charge < -0.3 is 9.63 Å². The highest BCUT2D eigenvalue weighted by atomic mass is 19.1. The van der Waals surface area contributed by atoms with Crippen LogP contribution in [0.1, 0.15) is 22.8 Å². The van der Waals surface area contributed by atoms with Gasteiger partial charge in [0.15, 0.2) is 5.76 Å². The second-order valence-corrected chi connectivity index (χ2v) is 3.57. The summed E-state index contributed by atoms with van der Waals surface area (Å²) in [6.07, 6.45) is 2.22. The molecule has 1 heterocycles. The zero-order valence-electron chi connectivity index (χ0n) is 9.11. The van der Waals surface area contributed by atoms with Gasteiger partial charge in [-0.25, -0.2) is 9.18 Å². The molecular formula is C12H10FNO3. The van der Waals surface area contributed by atoms with Crippen molar-refractivity contribution in [2.75, 3.05) is 0 Å². The molecule has 5 heteroatoms. The Morgan fingerprint density at radius 1 is 1.47 bits per heavy atom. The third kappa shape index (κ3) is 2.18. The van der Waals surface area contributed by atoms with E-state index in [4.69, 9.17) is 9.63 Å². The lowest BCUT2D eigenvalue weighted by Crippen LogP contribution is -1.97. The zero-order valence-corrected chi connectivity index (χ0v) is 9.11. The number of carbonyl (C=O) groups is 1. The van der Waals surface area contributed by atoms with Crippen molar-refractivity contribution in [3.05, 3.63) is 41.3 Å². The number of benzene rings is 1. The Hall–Kier alpha value is -2.17. The number of aromatic carboxylic acids is 1. The number of aromatic nitrogens is 1. The van der Waals surface area contributed by atoms with E-state index in [0.717, 1.165) is 11.6 Å². The first-order valence-corrected chi connectivity index (χ1v) is 5.09. The molecule has 2 aromatic rings. The molecule has 0 radical (unpaired) electrons. The van der Waals surface area contributed by atoms with Gasteiger partial charge in [0, 0.05) is 11.1 Å². The van der Waals surface area contributed by atoms with Gasteiger partial charge in [-0.05, 0) is 24.6 Å². The van der Waals surface area contributed by atoms with E-state index in [-0.39, 0.29) is 5.56 Å². The Balaban J connectivity index is 2.56. The van der Waals surface area contributed by atoms with Crippen LogP contribution < -0.4 is 0 Å². The molecule has 2 rings (SSSR count). The fourth-order valence-electron chi connectivity index (χ4n) is 1.59. The van der Waals surface area contributed by atoms with Crippen LogP contribution in [0.2, 0.25) is 0 Å². The lowest BCUT2D eigenvalue weighted by molar-refractivity contribution is 0.0696. The highest BCUT2D eigenvalue weighted by Crippen LogP contribution is 2.25. The van der Waals surface area contributed by atoms with Gasteiger partial charge >= 0.3 is 5.97 Å². The second-order valence-electron chi connectivity index (χ2n) is 3.57. The Bertz CT molecular complexity index is 563. The molecule has 0 saturated heterocycles. The molecule has 4 nitrogen and oxygen atoms in total. The smallest absolute Gasteiger partial charge is 0.335 e. The number of halogens is 1. The van der Waals surface area contributed by atoms with E-state index in [1.54, 1.807) is 6.20 Å². The van der Waals surface area contributed by atoms with Crippen LogP contribution in [-0.4, -0.2) is 16.2 Å². The van der Waals surface area contributed by atoms with Crippen LogP contribution in [0.25, 0.3) is 11.3 Å². The SMILES string of the molecule is CCc1cnoc1-c1cc(F)cc(C(=O)O)c1. The molecular weight excluding hydrogens is 225 g/mol. The van der Waals surface area contributed by atoms with Gasteiger partial charge in [0.1, 0.15) is 5.82 Å². The topological polar surface area (TPSA) is 63.3 Å². The first-order valence-electron chi connectivity index (χ1n) is 5.09. The highest BCUT2D eigenvalue weighted by Gasteiger charge is 2.13. The van der Waals surface area contributed by atoms with Gasteiger partial charge in [0.2, 0.25) is 0 Å². The maximum atomic E-state index is 13.3. The van der Waals surface area contributed by atoms with Gasteiger partial charge in [-0.2, -0.15) is 0 Å². The molecule has 0 saturated carbocycles. The molecule has 0 spiro atoms. The van der Waals surface area contributed by atoms with Crippen LogP contribution in [0.15, 0.2) is 28.9 Å². The van der Waals surface area contributed by atoms with Crippen LogP contribution in [0, 0.1) is 5.82 Å². The van der Waals surface area contributed by atoms with Crippen molar-refractivity contribution >= 4 is 5.97 Å². The number of rotatable bonds is 3. The molecule has 17 heavy (non-hydrogen) atoms. The summed E-state index contributed by atoms with van der Waals surface area (Å²) in [5.74, 6) is -1.38. The van der Waals surface area contributed by atoms with E-state index in [0.29, 0.717) is 17.7 Å². The molecule has 0 atom stereocenters. The molecule has 88 valence electrons. The van der Waals surface area contributed by atoms with E-state index < -0.39 is 11.8 Å². The van der Waals surface area contributed by atoms with E-state index in [2.05, 4.69) is 5.16 Å². The standard InChI is InChI=1S/C12H10FNO3/c1-2-7-6-14-17-11(7)8-3-9(12(15)16)5-10(13)4-8/h3-6H,2H2,1H3,(H,15,16). The number of hydrogen-bond acceptors (Lipinski definition) is 3. The Labute approximate surface area is 96.7 Å². The van der Waals surface area contributed by atoms with E-state index in [1.807, 2.05) is 6.92 Å². The normalized spacial score (nSPS) is 10.5. The lowest BCUT2D eigenvalue weighted by Gasteiger charge is -2.01. The van der Waals surface area contributed by atoms with Crippen molar-refractivity contribution in [3.63, 3.8) is 0 Å². The molecule has 0 fully saturated rings. The zero-order chi connectivity index (χ0) is 12.4. The van der Waals surface area contributed by atoms with Gasteiger partial charge in [0.25, 0.3) is 0 Å². The van der Waals surface area contributed by atoms with Crippen molar-refractivity contribution in [2.45, 2.75) is 13.3 Å². The fraction of sp³-hybridized carbons (Fsp3) is 0.167. The van der Waals surface area contributed by atoms with Gasteiger partial charge in [-0.3, -0.25) is 0 Å². The summed E-state index contributed by atoms with van der Waals surface area (Å²) in [6, 6.07) is 3.56. The summed E-state index contributed by atoms with van der Waals surface area (Å²) in [6.45, 7) is 1.91. The first-order chi connectivity index (χ1) is 8.11. The second kappa shape index (κ2) is 4.37. The van der Waals surface area contributed by atoms with Crippen molar-refractivity contribution in [1.29, 1.82) is 0 Å². The van der Waals surface area contributed by atoms with Crippen LogP contribution in [-0.2, 0) is 6.42 Å². The third-order valence-electron chi connectivity index (χ3n) is 2.43. The molecule has 0 bridgehead atoms. The first kappa shape index (κ1) is 11.3. The molecule has 0 unspecified atom stereocenters. The summed E-state index contributed by atoms with van der Waals surface area (Å²) in [4.78, 5) is 10.8. The lowest BCUT2D eigenvalue weighted by atomic mass is 10.0. The van der Waals surface area contributed by atoms with Gasteiger partial charge in [-0.15, -0.1) is 0 Å². The predicted octanol–water partition coefficient (Wildman–Crippen LogP) is 2.74. The summed E-state index contributed by atoms with van der Waals surface area (Å²) >= 11 is 0. The molecule has 1 aromatic heterocycles. The molecule has 0 aliphatic rings. The number of nitrogens with zero attached hydrogens (tertiary/aromatic N) is 1. The van der Waals surface area contributed by atoms with E-state index >= 15 is 0 Å². The largest absolute Gasteiger partial charge is 0.478 e. The average molecular weight is 235 g/mol. The quantitative estimate of drug-likeness (QED) is 0.888. The molecule has 1 aromatic carbocycles. The Morgan fingerprint density at radius 3 is 2.88 bits per heavy atom. The summed E-state index contributed by atoms with van der Waals surface area (Å²) < 4.78 is 18.3. The summed E-state index contributed by atoms with van der Waals surface area (Å²) in [5.41, 5.74) is 1.09. The van der Waals surface area contributed by atoms with E-state index in [1.165, 1.54) is 12.1 Å². The average Bonchev–Trinajstić information content (AvgIpc) is 2.76. The van der Waals surface area contributed by atoms with Crippen molar-refractivity contribution in [1.82, 2.24) is 5.16 Å². The summed E-state index contributed by atoms with van der Waals surface area (Å²) in [5, 5.41) is 12.5. The molecule has 0 aliphatic heterocycles. The predicted molar refractivity (Wildman–Crippen MR) is 58.2 cm³/mol. The minimum absolute atomic E-state index is 0.113. The maximum absolute atomic E-state index is 13.3. The van der Waals surface area contributed by atoms with Crippen LogP contribution in [0.5, 0.6) is 0 Å². The third-order valence-corrected chi connectivity index (χ3v) is 2.43. The Morgan fingerprint density at radius 2 is 2.24 bits per heavy atom. The number of carboxylic acid groups (broad SMARTS) is 1. The van der Waals surface area contributed by atoms with E-state index in [9.17, 15) is 9.18 Å². The Kier molecular flexibility index (Phi) is 2.91. The van der Waals surface area contributed by atoms with Crippen molar-refractivity contribution in [2.24, 2.45) is 0 Å². The monoisotopic (exact) mass is 235 g/mol. The van der Waals surface area contributed by atoms with Crippen LogP contribution in [0.4, 0.5) is 4.39 Å². The van der Waals surface area contributed by atoms with Gasteiger partial charge in [0.05, 0.1) is 11.8 Å². The van der Waals surface area contributed by atoms with Gasteiger partial charge in [-0.1, -0.05) is 12.1 Å². The van der Waals surface area contributed by atoms with Crippen LogP contribution in [0.3, 0.4) is 0 Å². The van der Waals surface area contributed by atoms with Crippen molar-refractivity contribution < 1.29 is 18.8 Å². The number of carboxylic acids is 1. The molecule has 1 N–H and O–H groups in total. The fourth-order valence-corrected chi connectivity index (χ4v) is 1.59. The minimum Gasteiger partial charge on any atom is -0.478 e.